The van der Waals surface area contributed by atoms with Crippen LogP contribution >= 0.6 is 12.6 Å². The van der Waals surface area contributed by atoms with Crippen LogP contribution in [0.2, 0.25) is 0 Å². The number of thiol groups is 1. The van der Waals surface area contributed by atoms with Crippen LogP contribution in [0.15, 0.2) is 24.3 Å². The van der Waals surface area contributed by atoms with E-state index >= 15 is 0 Å². The number of phenolic OH excluding ortho intramolecular Hbond substituents is 1. The molecule has 0 heterocycles. The zero-order valence-electron chi connectivity index (χ0n) is 19.4. The molecule has 1 rings (SSSR count). The molecule has 0 aromatic heterocycles. The summed E-state index contributed by atoms with van der Waals surface area (Å²) in [4.78, 5) is 49.4. The summed E-state index contributed by atoms with van der Waals surface area (Å²) in [6.07, 6.45) is -0.933. The largest absolute Gasteiger partial charge is 0.508 e. The third-order valence-electron chi connectivity index (χ3n) is 4.93. The highest BCUT2D eigenvalue weighted by Crippen LogP contribution is 2.12. The minimum Gasteiger partial charge on any atom is -0.508 e. The summed E-state index contributed by atoms with van der Waals surface area (Å²) >= 11 is 4.05. The number of aliphatic hydroxyl groups is 1. The first-order valence-corrected chi connectivity index (χ1v) is 11.4. The van der Waals surface area contributed by atoms with E-state index in [0.717, 1.165) is 0 Å². The third kappa shape index (κ3) is 9.57. The fourth-order valence-electron chi connectivity index (χ4n) is 3.08. The number of hydrogen-bond donors (Lipinski definition) is 8. The number of phenols is 1. The van der Waals surface area contributed by atoms with Crippen LogP contribution in [0.5, 0.6) is 5.75 Å². The molecule has 8 N–H and O–H groups in total. The van der Waals surface area contributed by atoms with Gasteiger partial charge >= 0.3 is 5.97 Å². The zero-order valence-corrected chi connectivity index (χ0v) is 20.3. The van der Waals surface area contributed by atoms with Crippen molar-refractivity contribution in [1.82, 2.24) is 16.0 Å². The van der Waals surface area contributed by atoms with Gasteiger partial charge in [0.15, 0.2) is 6.04 Å². The molecule has 190 valence electrons. The molecule has 0 aliphatic heterocycles. The highest BCUT2D eigenvalue weighted by atomic mass is 32.1. The lowest BCUT2D eigenvalue weighted by molar-refractivity contribution is -0.145. The molecule has 0 fully saturated rings. The summed E-state index contributed by atoms with van der Waals surface area (Å²) in [5.74, 6) is -3.54. The van der Waals surface area contributed by atoms with E-state index in [0.29, 0.717) is 12.0 Å². The van der Waals surface area contributed by atoms with Gasteiger partial charge in [-0.25, -0.2) is 4.79 Å². The van der Waals surface area contributed by atoms with Crippen LogP contribution < -0.4 is 21.7 Å². The van der Waals surface area contributed by atoms with Crippen molar-refractivity contribution in [2.24, 2.45) is 11.7 Å². The maximum atomic E-state index is 13.0. The topological polar surface area (TPSA) is 191 Å². The van der Waals surface area contributed by atoms with Gasteiger partial charge in [-0.15, -0.1) is 0 Å². The fourth-order valence-corrected chi connectivity index (χ4v) is 3.34. The van der Waals surface area contributed by atoms with E-state index in [2.05, 4.69) is 28.6 Å². The minimum atomic E-state index is -1.58. The van der Waals surface area contributed by atoms with Crippen LogP contribution in [0.4, 0.5) is 0 Å². The number of nitrogens with two attached hydrogens (primary N) is 1. The smallest absolute Gasteiger partial charge is 0.328 e. The van der Waals surface area contributed by atoms with Gasteiger partial charge in [-0.1, -0.05) is 26.0 Å². The molecule has 11 nitrogen and oxygen atoms in total. The quantitative estimate of drug-likeness (QED) is 0.161. The lowest BCUT2D eigenvalue weighted by Crippen LogP contribution is -2.59. The number of benzene rings is 1. The Bertz CT molecular complexity index is 848. The van der Waals surface area contributed by atoms with E-state index in [1.54, 1.807) is 12.1 Å². The fraction of sp³-hybridized carbons (Fsp3) is 0.545. The summed E-state index contributed by atoms with van der Waals surface area (Å²) in [6, 6.07) is 1.26. The lowest BCUT2D eigenvalue weighted by atomic mass is 10.0. The van der Waals surface area contributed by atoms with E-state index < -0.39 is 54.0 Å². The molecule has 12 heteroatoms. The van der Waals surface area contributed by atoms with Crippen molar-refractivity contribution in [3.05, 3.63) is 29.8 Å². The predicted molar refractivity (Wildman–Crippen MR) is 128 cm³/mol. The summed E-state index contributed by atoms with van der Waals surface area (Å²) < 4.78 is 0. The number of aliphatic hydroxyl groups excluding tert-OH is 1. The van der Waals surface area contributed by atoms with Gasteiger partial charge in [-0.3, -0.25) is 14.4 Å². The Morgan fingerprint density at radius 1 is 0.941 bits per heavy atom. The molecule has 0 spiro atoms. The van der Waals surface area contributed by atoms with Gasteiger partial charge in [-0.05, 0) is 37.0 Å². The van der Waals surface area contributed by atoms with E-state index in [1.807, 2.05) is 13.8 Å². The molecule has 0 aliphatic rings. The Morgan fingerprint density at radius 3 is 1.94 bits per heavy atom. The SMILES string of the molecule is CC(C)CC(N)C(=O)NC(Cc1ccc(O)cc1)C(=O)NC(CS)C(=O)NC(C(=O)O)C(C)O. The van der Waals surface area contributed by atoms with E-state index in [1.165, 1.54) is 19.1 Å². The van der Waals surface area contributed by atoms with Crippen molar-refractivity contribution in [2.75, 3.05) is 5.75 Å². The molecule has 0 saturated heterocycles. The standard InChI is InChI=1S/C22H34N4O7S/c1-11(2)8-15(23)19(29)24-16(9-13-4-6-14(28)7-5-13)20(30)25-17(10-34)21(31)26-18(12(3)27)22(32)33/h4-7,11-12,15-18,27-28,34H,8-10,23H2,1-3H3,(H,24,29)(H,25,30)(H,26,31)(H,32,33). The monoisotopic (exact) mass is 498 g/mol. The molecule has 5 unspecified atom stereocenters. The number of carboxylic acids is 1. The van der Waals surface area contributed by atoms with Gasteiger partial charge in [0.2, 0.25) is 17.7 Å². The van der Waals surface area contributed by atoms with Crippen molar-refractivity contribution >= 4 is 36.3 Å². The summed E-state index contributed by atoms with van der Waals surface area (Å²) in [7, 11) is 0. The van der Waals surface area contributed by atoms with Gasteiger partial charge in [-0.2, -0.15) is 12.6 Å². The second kappa shape index (κ2) is 13.8. The lowest BCUT2D eigenvalue weighted by Gasteiger charge is -2.25. The number of nitrogens with one attached hydrogen (secondary N) is 3. The van der Waals surface area contributed by atoms with Crippen LogP contribution in [-0.4, -0.2) is 75.0 Å². The molecular formula is C22H34N4O7S. The number of aliphatic carboxylic acids is 1. The Hall–Kier alpha value is -2.83. The second-order valence-electron chi connectivity index (χ2n) is 8.48. The average molecular weight is 499 g/mol. The Labute approximate surface area is 203 Å². The number of rotatable bonds is 13. The summed E-state index contributed by atoms with van der Waals surface area (Å²) in [6.45, 7) is 5.01. The first kappa shape index (κ1) is 29.2. The van der Waals surface area contributed by atoms with Crippen LogP contribution in [0.1, 0.15) is 32.8 Å². The first-order valence-electron chi connectivity index (χ1n) is 10.8. The van der Waals surface area contributed by atoms with Gasteiger partial charge in [0, 0.05) is 12.2 Å². The molecule has 1 aromatic rings. The number of carboxylic acid groups (broad SMARTS) is 1. The highest BCUT2D eigenvalue weighted by molar-refractivity contribution is 7.80. The van der Waals surface area contributed by atoms with E-state index in [4.69, 9.17) is 10.8 Å². The number of hydrogen-bond acceptors (Lipinski definition) is 8. The zero-order chi connectivity index (χ0) is 26.0. The Kier molecular flexibility index (Phi) is 11.8. The average Bonchev–Trinajstić information content (AvgIpc) is 2.75. The molecule has 5 atom stereocenters. The van der Waals surface area contributed by atoms with Crippen molar-refractivity contribution in [3.8, 4) is 5.75 Å². The maximum absolute atomic E-state index is 13.0. The van der Waals surface area contributed by atoms with Gasteiger partial charge in [0.25, 0.3) is 0 Å². The first-order chi connectivity index (χ1) is 15.8. The molecule has 0 bridgehead atoms. The number of carbonyl (C=O) groups excluding carboxylic acids is 3. The summed E-state index contributed by atoms with van der Waals surface area (Å²) in [5.41, 5.74) is 6.56. The number of carbonyl (C=O) groups is 4. The second-order valence-corrected chi connectivity index (χ2v) is 8.84. The molecule has 0 saturated carbocycles. The van der Waals surface area contributed by atoms with Gasteiger partial charge in [0.05, 0.1) is 12.1 Å². The van der Waals surface area contributed by atoms with Crippen LogP contribution in [0, 0.1) is 5.92 Å². The van der Waals surface area contributed by atoms with Gasteiger partial charge in [0.1, 0.15) is 17.8 Å². The Morgan fingerprint density at radius 2 is 1.47 bits per heavy atom. The van der Waals surface area contributed by atoms with Crippen molar-refractivity contribution in [2.45, 2.75) is 63.9 Å². The predicted octanol–water partition coefficient (Wildman–Crippen LogP) is -0.842. The molecular weight excluding hydrogens is 464 g/mol. The Balaban J connectivity index is 3.02. The molecule has 1 aromatic carbocycles. The molecule has 34 heavy (non-hydrogen) atoms. The normalized spacial score (nSPS) is 15.5. The van der Waals surface area contributed by atoms with Crippen molar-refractivity contribution in [1.29, 1.82) is 0 Å². The van der Waals surface area contributed by atoms with Crippen LogP contribution in [0.3, 0.4) is 0 Å². The van der Waals surface area contributed by atoms with E-state index in [-0.39, 0.29) is 23.8 Å². The third-order valence-corrected chi connectivity index (χ3v) is 5.30. The molecule has 3 amide bonds. The maximum Gasteiger partial charge on any atom is 0.328 e. The van der Waals surface area contributed by atoms with Crippen LogP contribution in [-0.2, 0) is 25.6 Å². The van der Waals surface area contributed by atoms with Crippen molar-refractivity contribution in [3.63, 3.8) is 0 Å². The van der Waals surface area contributed by atoms with Crippen LogP contribution in [0.25, 0.3) is 0 Å². The summed E-state index contributed by atoms with van der Waals surface area (Å²) in [5, 5.41) is 35.4. The highest BCUT2D eigenvalue weighted by Gasteiger charge is 2.31. The van der Waals surface area contributed by atoms with Crippen molar-refractivity contribution < 1.29 is 34.5 Å². The molecule has 0 aliphatic carbocycles. The van der Waals surface area contributed by atoms with E-state index in [9.17, 15) is 29.4 Å². The van der Waals surface area contributed by atoms with Gasteiger partial charge < -0.3 is 37.0 Å². The molecule has 0 radical (unpaired) electrons. The number of aromatic hydroxyl groups is 1. The minimum absolute atomic E-state index is 0.0330. The number of amides is 3.